The van der Waals surface area contributed by atoms with E-state index in [0.717, 1.165) is 12.1 Å². The molecular weight excluding hydrogens is 331 g/mol. The second-order valence-electron chi connectivity index (χ2n) is 4.73. The van der Waals surface area contributed by atoms with E-state index >= 15 is 0 Å². The second-order valence-corrected chi connectivity index (χ2v) is 6.41. The third-order valence-electron chi connectivity index (χ3n) is 3.18. The lowest BCUT2D eigenvalue weighted by Crippen LogP contribution is -2.17. The van der Waals surface area contributed by atoms with Crippen LogP contribution in [0.3, 0.4) is 0 Å². The molecule has 0 atom stereocenters. The average molecular weight is 341 g/mol. The summed E-state index contributed by atoms with van der Waals surface area (Å²) in [6, 6.07) is 8.45. The van der Waals surface area contributed by atoms with Crippen molar-refractivity contribution in [1.82, 2.24) is 9.97 Å². The van der Waals surface area contributed by atoms with Gasteiger partial charge in [0.15, 0.2) is 0 Å². The molecule has 23 heavy (non-hydrogen) atoms. The van der Waals surface area contributed by atoms with Crippen molar-refractivity contribution in [3.8, 4) is 0 Å². The number of para-hydroxylation sites is 1. The number of imidazole rings is 1. The lowest BCUT2D eigenvalue weighted by Gasteiger charge is -2.14. The fraction of sp³-hybridized carbons (Fsp3) is 0.0714. The first-order valence-corrected chi connectivity index (χ1v) is 7.88. The maximum absolute atomic E-state index is 12.9. The molecule has 0 bridgehead atoms. The van der Waals surface area contributed by atoms with Gasteiger partial charge in [-0.25, -0.2) is 13.4 Å². The molecule has 0 aliphatic carbocycles. The van der Waals surface area contributed by atoms with E-state index in [0.29, 0.717) is 11.0 Å². The Hall–Kier alpha value is -2.55. The van der Waals surface area contributed by atoms with Crippen molar-refractivity contribution < 1.29 is 21.6 Å². The van der Waals surface area contributed by atoms with Gasteiger partial charge in [0.05, 0.1) is 33.5 Å². The van der Waals surface area contributed by atoms with E-state index in [1.807, 2.05) is 4.72 Å². The maximum atomic E-state index is 12.9. The largest absolute Gasteiger partial charge is 0.418 e. The number of fused-ring (bicyclic) bond motifs is 1. The molecule has 120 valence electrons. The highest BCUT2D eigenvalue weighted by atomic mass is 32.2. The molecule has 2 N–H and O–H groups in total. The zero-order chi connectivity index (χ0) is 16.7. The van der Waals surface area contributed by atoms with E-state index < -0.39 is 27.5 Å². The summed E-state index contributed by atoms with van der Waals surface area (Å²) in [7, 11) is -4.16. The Bertz CT molecular complexity index is 965. The van der Waals surface area contributed by atoms with Crippen LogP contribution in [0.25, 0.3) is 11.0 Å². The minimum Gasteiger partial charge on any atom is -0.345 e. The smallest absolute Gasteiger partial charge is 0.345 e. The van der Waals surface area contributed by atoms with E-state index in [-0.39, 0.29) is 4.90 Å². The van der Waals surface area contributed by atoms with Crippen molar-refractivity contribution in [3.63, 3.8) is 0 Å². The van der Waals surface area contributed by atoms with Gasteiger partial charge < -0.3 is 4.98 Å². The number of alkyl halides is 3. The Morgan fingerprint density at radius 1 is 1.09 bits per heavy atom. The highest BCUT2D eigenvalue weighted by Crippen LogP contribution is 2.35. The Labute approximate surface area is 129 Å². The highest BCUT2D eigenvalue weighted by molar-refractivity contribution is 7.92. The lowest BCUT2D eigenvalue weighted by atomic mass is 10.2. The Balaban J connectivity index is 2.02. The number of hydrogen-bond acceptors (Lipinski definition) is 3. The molecule has 1 aromatic heterocycles. The summed E-state index contributed by atoms with van der Waals surface area (Å²) in [5.41, 5.74) is -0.549. The van der Waals surface area contributed by atoms with Crippen molar-refractivity contribution in [2.45, 2.75) is 11.1 Å². The van der Waals surface area contributed by atoms with Gasteiger partial charge >= 0.3 is 6.18 Å². The summed E-state index contributed by atoms with van der Waals surface area (Å²) in [5, 5.41) is 0. The van der Waals surface area contributed by atoms with Crippen LogP contribution in [0, 0.1) is 0 Å². The fourth-order valence-electron chi connectivity index (χ4n) is 2.10. The summed E-state index contributed by atoms with van der Waals surface area (Å²) in [5.74, 6) is 0. The molecular formula is C14H10F3N3O2S. The second kappa shape index (κ2) is 5.27. The van der Waals surface area contributed by atoms with E-state index in [2.05, 4.69) is 9.97 Å². The number of sulfonamides is 1. The van der Waals surface area contributed by atoms with Gasteiger partial charge in [0.1, 0.15) is 0 Å². The molecule has 5 nitrogen and oxygen atoms in total. The number of aromatic nitrogens is 2. The molecule has 1 heterocycles. The van der Waals surface area contributed by atoms with Crippen LogP contribution in [0.15, 0.2) is 53.7 Å². The van der Waals surface area contributed by atoms with Gasteiger partial charge in [-0.1, -0.05) is 12.1 Å². The van der Waals surface area contributed by atoms with Gasteiger partial charge in [0.25, 0.3) is 10.0 Å². The Morgan fingerprint density at radius 2 is 1.83 bits per heavy atom. The first-order chi connectivity index (χ1) is 10.8. The third-order valence-corrected chi connectivity index (χ3v) is 4.54. The third kappa shape index (κ3) is 3.00. The van der Waals surface area contributed by atoms with Crippen molar-refractivity contribution in [2.24, 2.45) is 0 Å². The van der Waals surface area contributed by atoms with Crippen LogP contribution in [0.1, 0.15) is 5.56 Å². The fourth-order valence-corrected chi connectivity index (χ4v) is 3.21. The van der Waals surface area contributed by atoms with Crippen LogP contribution in [0.5, 0.6) is 0 Å². The zero-order valence-corrected chi connectivity index (χ0v) is 12.2. The standard InChI is InChI=1S/C14H10F3N3O2S/c15-14(16,17)10-3-1-2-4-11(10)20-23(21,22)9-5-6-12-13(7-9)19-8-18-12/h1-8,20H,(H,18,19). The monoisotopic (exact) mass is 341 g/mol. The van der Waals surface area contributed by atoms with E-state index in [4.69, 9.17) is 0 Å². The van der Waals surface area contributed by atoms with E-state index in [1.54, 1.807) is 0 Å². The van der Waals surface area contributed by atoms with Crippen molar-refractivity contribution in [2.75, 3.05) is 4.72 Å². The minimum atomic E-state index is -4.66. The van der Waals surface area contributed by atoms with Crippen molar-refractivity contribution >= 4 is 26.7 Å². The SMILES string of the molecule is O=S(=O)(Nc1ccccc1C(F)(F)F)c1ccc2nc[nH]c2c1. The summed E-state index contributed by atoms with van der Waals surface area (Å²) in [6.45, 7) is 0. The van der Waals surface area contributed by atoms with Crippen LogP contribution in [0.2, 0.25) is 0 Å². The first kappa shape index (κ1) is 15.3. The number of hydrogen-bond donors (Lipinski definition) is 2. The number of rotatable bonds is 3. The summed E-state index contributed by atoms with van der Waals surface area (Å²) in [6.07, 6.45) is -3.26. The van der Waals surface area contributed by atoms with Crippen LogP contribution in [0.4, 0.5) is 18.9 Å². The normalized spacial score (nSPS) is 12.5. The number of benzene rings is 2. The van der Waals surface area contributed by atoms with Crippen LogP contribution in [-0.2, 0) is 16.2 Å². The topological polar surface area (TPSA) is 74.8 Å². The molecule has 0 spiro atoms. The molecule has 0 aliphatic rings. The Kier molecular flexibility index (Phi) is 3.52. The summed E-state index contributed by atoms with van der Waals surface area (Å²) < 4.78 is 65.5. The van der Waals surface area contributed by atoms with Crippen LogP contribution < -0.4 is 4.72 Å². The molecule has 9 heteroatoms. The molecule has 3 aromatic rings. The molecule has 3 rings (SSSR count). The number of aromatic amines is 1. The number of anilines is 1. The quantitative estimate of drug-likeness (QED) is 0.767. The van der Waals surface area contributed by atoms with Gasteiger partial charge in [0, 0.05) is 0 Å². The van der Waals surface area contributed by atoms with Crippen molar-refractivity contribution in [3.05, 3.63) is 54.4 Å². The zero-order valence-electron chi connectivity index (χ0n) is 11.4. The van der Waals surface area contributed by atoms with Gasteiger partial charge in [0.2, 0.25) is 0 Å². The number of nitrogens with one attached hydrogen (secondary N) is 2. The van der Waals surface area contributed by atoms with Crippen LogP contribution in [-0.4, -0.2) is 18.4 Å². The van der Waals surface area contributed by atoms with Crippen molar-refractivity contribution in [1.29, 1.82) is 0 Å². The first-order valence-electron chi connectivity index (χ1n) is 6.39. The van der Waals surface area contributed by atoms with Gasteiger partial charge in [-0.05, 0) is 30.3 Å². The van der Waals surface area contributed by atoms with Gasteiger partial charge in [-0.2, -0.15) is 13.2 Å². The predicted molar refractivity (Wildman–Crippen MR) is 78.3 cm³/mol. The summed E-state index contributed by atoms with van der Waals surface area (Å²) >= 11 is 0. The molecule has 0 fully saturated rings. The Morgan fingerprint density at radius 3 is 2.57 bits per heavy atom. The summed E-state index contributed by atoms with van der Waals surface area (Å²) in [4.78, 5) is 6.54. The molecule has 0 saturated heterocycles. The molecule has 0 unspecified atom stereocenters. The van der Waals surface area contributed by atoms with Crippen LogP contribution >= 0.6 is 0 Å². The molecule has 0 saturated carbocycles. The maximum Gasteiger partial charge on any atom is 0.418 e. The molecule has 0 radical (unpaired) electrons. The molecule has 0 amide bonds. The number of H-pyrrole nitrogens is 1. The van der Waals surface area contributed by atoms with E-state index in [9.17, 15) is 21.6 Å². The minimum absolute atomic E-state index is 0.161. The number of nitrogens with zero attached hydrogens (tertiary/aromatic N) is 1. The van der Waals surface area contributed by atoms with E-state index in [1.165, 1.54) is 36.7 Å². The average Bonchev–Trinajstić information content (AvgIpc) is 2.93. The van der Waals surface area contributed by atoms with Gasteiger partial charge in [-0.3, -0.25) is 4.72 Å². The lowest BCUT2D eigenvalue weighted by molar-refractivity contribution is -0.136. The highest BCUT2D eigenvalue weighted by Gasteiger charge is 2.34. The predicted octanol–water partition coefficient (Wildman–Crippen LogP) is 3.38. The molecule has 0 aliphatic heterocycles. The number of halogens is 3. The molecule has 2 aromatic carbocycles. The van der Waals surface area contributed by atoms with Gasteiger partial charge in [-0.15, -0.1) is 0 Å².